The molecule has 0 saturated carbocycles. The predicted octanol–water partition coefficient (Wildman–Crippen LogP) is 3.88. The normalized spacial score (nSPS) is 11.7. The molecule has 26 heavy (non-hydrogen) atoms. The van der Waals surface area contributed by atoms with Crippen LogP contribution in [0.15, 0.2) is 51.9 Å². The molecule has 0 aliphatic carbocycles. The lowest BCUT2D eigenvalue weighted by Crippen LogP contribution is -2.24. The summed E-state index contributed by atoms with van der Waals surface area (Å²) in [5.74, 6) is 0.190. The SMILES string of the molecule is Cc1ccc(-c2onc(C)c2C)cc1S(=O)(=O)NCc1ccc(F)cc1. The first-order chi connectivity index (χ1) is 12.3. The van der Waals surface area contributed by atoms with E-state index in [2.05, 4.69) is 9.88 Å². The Morgan fingerprint density at radius 3 is 2.38 bits per heavy atom. The Kier molecular flexibility index (Phi) is 4.93. The summed E-state index contributed by atoms with van der Waals surface area (Å²) in [7, 11) is -3.74. The van der Waals surface area contributed by atoms with Crippen LogP contribution in [0.25, 0.3) is 11.3 Å². The van der Waals surface area contributed by atoms with Crippen molar-refractivity contribution in [2.45, 2.75) is 32.2 Å². The Hall–Kier alpha value is -2.51. The Bertz CT molecular complexity index is 1040. The van der Waals surface area contributed by atoms with Gasteiger partial charge in [0.15, 0.2) is 5.76 Å². The van der Waals surface area contributed by atoms with Crippen molar-refractivity contribution in [1.82, 2.24) is 9.88 Å². The van der Waals surface area contributed by atoms with Gasteiger partial charge in [-0.15, -0.1) is 0 Å². The van der Waals surface area contributed by atoms with Gasteiger partial charge in [0.25, 0.3) is 0 Å². The Morgan fingerprint density at radius 2 is 1.77 bits per heavy atom. The lowest BCUT2D eigenvalue weighted by Gasteiger charge is -2.11. The number of benzene rings is 2. The molecular formula is C19H19FN2O3S. The summed E-state index contributed by atoms with van der Waals surface area (Å²) >= 11 is 0. The van der Waals surface area contributed by atoms with Gasteiger partial charge in [0, 0.05) is 17.7 Å². The van der Waals surface area contributed by atoms with Crippen molar-refractivity contribution in [3.63, 3.8) is 0 Å². The van der Waals surface area contributed by atoms with Gasteiger partial charge in [0.1, 0.15) is 5.82 Å². The van der Waals surface area contributed by atoms with Crippen LogP contribution < -0.4 is 4.72 Å². The fraction of sp³-hybridized carbons (Fsp3) is 0.211. The number of nitrogens with zero attached hydrogens (tertiary/aromatic N) is 1. The molecule has 3 aromatic rings. The molecule has 0 atom stereocenters. The molecule has 0 saturated heterocycles. The quantitative estimate of drug-likeness (QED) is 0.735. The van der Waals surface area contributed by atoms with Crippen LogP contribution in [0, 0.1) is 26.6 Å². The van der Waals surface area contributed by atoms with Gasteiger partial charge >= 0.3 is 0 Å². The predicted molar refractivity (Wildman–Crippen MR) is 96.6 cm³/mol. The summed E-state index contributed by atoms with van der Waals surface area (Å²) in [6, 6.07) is 10.8. The zero-order chi connectivity index (χ0) is 18.9. The van der Waals surface area contributed by atoms with E-state index < -0.39 is 10.0 Å². The van der Waals surface area contributed by atoms with Crippen molar-refractivity contribution in [2.24, 2.45) is 0 Å². The van der Waals surface area contributed by atoms with E-state index in [0.717, 1.165) is 11.3 Å². The highest BCUT2D eigenvalue weighted by atomic mass is 32.2. The first kappa shape index (κ1) is 18.3. The van der Waals surface area contributed by atoms with E-state index in [1.54, 1.807) is 37.3 Å². The van der Waals surface area contributed by atoms with E-state index in [0.29, 0.717) is 22.5 Å². The van der Waals surface area contributed by atoms with Gasteiger partial charge in [-0.05, 0) is 50.1 Å². The Labute approximate surface area is 151 Å². The molecule has 0 aliphatic heterocycles. The molecule has 0 fully saturated rings. The zero-order valence-electron chi connectivity index (χ0n) is 14.7. The molecule has 2 aromatic carbocycles. The smallest absolute Gasteiger partial charge is 0.241 e. The van der Waals surface area contributed by atoms with E-state index in [1.807, 2.05) is 13.8 Å². The highest BCUT2D eigenvalue weighted by molar-refractivity contribution is 7.89. The number of halogens is 1. The van der Waals surface area contributed by atoms with Crippen LogP contribution in [0.3, 0.4) is 0 Å². The number of aryl methyl sites for hydroxylation is 2. The summed E-state index contributed by atoms with van der Waals surface area (Å²) in [4.78, 5) is 0.172. The molecule has 136 valence electrons. The Balaban J connectivity index is 1.90. The summed E-state index contributed by atoms with van der Waals surface area (Å²) < 4.78 is 46.3. The van der Waals surface area contributed by atoms with Crippen LogP contribution >= 0.6 is 0 Å². The number of hydrogen-bond donors (Lipinski definition) is 1. The fourth-order valence-electron chi connectivity index (χ4n) is 2.57. The maximum atomic E-state index is 13.0. The number of hydrogen-bond acceptors (Lipinski definition) is 4. The lowest BCUT2D eigenvalue weighted by atomic mass is 10.1. The minimum Gasteiger partial charge on any atom is -0.356 e. The van der Waals surface area contributed by atoms with Gasteiger partial charge in [0.2, 0.25) is 10.0 Å². The van der Waals surface area contributed by atoms with E-state index in [1.165, 1.54) is 12.1 Å². The van der Waals surface area contributed by atoms with Crippen LogP contribution in [0.5, 0.6) is 0 Å². The molecule has 7 heteroatoms. The fourth-order valence-corrected chi connectivity index (χ4v) is 3.86. The first-order valence-corrected chi connectivity index (χ1v) is 9.54. The highest BCUT2D eigenvalue weighted by Gasteiger charge is 2.20. The molecule has 5 nitrogen and oxygen atoms in total. The minimum absolute atomic E-state index is 0.0761. The van der Waals surface area contributed by atoms with Crippen LogP contribution in [0.1, 0.15) is 22.4 Å². The first-order valence-electron chi connectivity index (χ1n) is 8.06. The van der Waals surface area contributed by atoms with Gasteiger partial charge in [-0.25, -0.2) is 17.5 Å². The van der Waals surface area contributed by atoms with Crippen LogP contribution in [0.4, 0.5) is 4.39 Å². The topological polar surface area (TPSA) is 72.2 Å². The van der Waals surface area contributed by atoms with Crippen LogP contribution in [-0.2, 0) is 16.6 Å². The molecule has 0 aliphatic rings. The standard InChI is InChI=1S/C19H19FN2O3S/c1-12-4-7-16(19-13(2)14(3)22-25-19)10-18(12)26(23,24)21-11-15-5-8-17(20)9-6-15/h4-10,21H,11H2,1-3H3. The van der Waals surface area contributed by atoms with E-state index in [9.17, 15) is 12.8 Å². The van der Waals surface area contributed by atoms with Crippen molar-refractivity contribution in [1.29, 1.82) is 0 Å². The molecular weight excluding hydrogens is 355 g/mol. The maximum absolute atomic E-state index is 13.0. The molecule has 0 amide bonds. The molecule has 0 radical (unpaired) electrons. The number of rotatable bonds is 5. The lowest BCUT2D eigenvalue weighted by molar-refractivity contribution is 0.426. The van der Waals surface area contributed by atoms with Crippen LogP contribution in [-0.4, -0.2) is 13.6 Å². The number of sulfonamides is 1. The van der Waals surface area contributed by atoms with E-state index >= 15 is 0 Å². The van der Waals surface area contributed by atoms with Gasteiger partial charge in [-0.2, -0.15) is 0 Å². The third kappa shape index (κ3) is 3.68. The number of nitrogens with one attached hydrogen (secondary N) is 1. The average Bonchev–Trinajstić information content (AvgIpc) is 2.94. The average molecular weight is 374 g/mol. The van der Waals surface area contributed by atoms with Crippen molar-refractivity contribution in [3.05, 3.63) is 70.7 Å². The van der Waals surface area contributed by atoms with E-state index in [4.69, 9.17) is 4.52 Å². The van der Waals surface area contributed by atoms with Gasteiger partial charge in [-0.1, -0.05) is 29.4 Å². The molecule has 1 heterocycles. The second-order valence-corrected chi connectivity index (χ2v) is 7.89. The van der Waals surface area contributed by atoms with Gasteiger partial charge in [-0.3, -0.25) is 0 Å². The van der Waals surface area contributed by atoms with Crippen molar-refractivity contribution < 1.29 is 17.3 Å². The number of aromatic nitrogens is 1. The largest absolute Gasteiger partial charge is 0.356 e. The molecule has 0 bridgehead atoms. The summed E-state index contributed by atoms with van der Waals surface area (Å²) in [6.07, 6.45) is 0. The highest BCUT2D eigenvalue weighted by Crippen LogP contribution is 2.29. The second kappa shape index (κ2) is 7.01. The van der Waals surface area contributed by atoms with Crippen LogP contribution in [0.2, 0.25) is 0 Å². The summed E-state index contributed by atoms with van der Waals surface area (Å²) in [5.41, 5.74) is 3.58. The van der Waals surface area contributed by atoms with Crippen molar-refractivity contribution >= 4 is 10.0 Å². The third-order valence-corrected chi connectivity index (χ3v) is 5.82. The maximum Gasteiger partial charge on any atom is 0.241 e. The third-order valence-electron chi connectivity index (χ3n) is 4.28. The monoisotopic (exact) mass is 374 g/mol. The molecule has 0 unspecified atom stereocenters. The van der Waals surface area contributed by atoms with Crippen molar-refractivity contribution in [2.75, 3.05) is 0 Å². The molecule has 0 spiro atoms. The zero-order valence-corrected chi connectivity index (χ0v) is 15.5. The van der Waals surface area contributed by atoms with Crippen molar-refractivity contribution in [3.8, 4) is 11.3 Å². The van der Waals surface area contributed by atoms with E-state index in [-0.39, 0.29) is 17.3 Å². The molecule has 1 N–H and O–H groups in total. The minimum atomic E-state index is -3.74. The summed E-state index contributed by atoms with van der Waals surface area (Å²) in [5, 5.41) is 3.92. The molecule has 1 aromatic heterocycles. The van der Waals surface area contributed by atoms with Gasteiger partial charge in [0.05, 0.1) is 10.6 Å². The van der Waals surface area contributed by atoms with Gasteiger partial charge < -0.3 is 4.52 Å². The summed E-state index contributed by atoms with van der Waals surface area (Å²) in [6.45, 7) is 5.52. The Morgan fingerprint density at radius 1 is 1.08 bits per heavy atom. The molecule has 3 rings (SSSR count). The second-order valence-electron chi connectivity index (χ2n) is 6.15.